The lowest BCUT2D eigenvalue weighted by Crippen LogP contribution is -1.74. The fourth-order valence-electron chi connectivity index (χ4n) is 0.960. The van der Waals surface area contributed by atoms with Crippen LogP contribution in [0, 0.1) is 5.92 Å². The summed E-state index contributed by atoms with van der Waals surface area (Å²) in [6.07, 6.45) is 7.93. The van der Waals surface area contributed by atoms with E-state index in [2.05, 4.69) is 32.1 Å². The molecule has 1 unspecified atom stereocenters. The quantitative estimate of drug-likeness (QED) is 0.484. The molecular weight excluding hydrogens is 96.1 g/mol. The van der Waals surface area contributed by atoms with Crippen molar-refractivity contribution in [3.63, 3.8) is 0 Å². The third-order valence-electron chi connectivity index (χ3n) is 1.50. The summed E-state index contributed by atoms with van der Waals surface area (Å²) in [6.45, 7) is 4.40. The molecule has 0 spiro atoms. The first-order chi connectivity index (χ1) is 3.83. The molecule has 1 aliphatic rings. The maximum absolute atomic E-state index is 2.31. The summed E-state index contributed by atoms with van der Waals surface area (Å²) in [5.41, 5.74) is 1.48. The molecule has 0 saturated carbocycles. The Bertz CT molecular complexity index is 129. The van der Waals surface area contributed by atoms with Crippen molar-refractivity contribution in [1.29, 1.82) is 0 Å². The first kappa shape index (κ1) is 5.61. The zero-order valence-corrected chi connectivity index (χ0v) is 5.52. The monoisotopic (exact) mass is 108 g/mol. The van der Waals surface area contributed by atoms with E-state index in [1.165, 1.54) is 12.0 Å². The molecule has 8 heavy (non-hydrogen) atoms. The minimum absolute atomic E-state index is 0.685. The van der Waals surface area contributed by atoms with Crippen LogP contribution in [0.5, 0.6) is 0 Å². The van der Waals surface area contributed by atoms with Gasteiger partial charge in [0.15, 0.2) is 0 Å². The summed E-state index contributed by atoms with van der Waals surface area (Å²) >= 11 is 0. The summed E-state index contributed by atoms with van der Waals surface area (Å²) in [4.78, 5) is 0. The Kier molecular flexibility index (Phi) is 1.52. The van der Waals surface area contributed by atoms with Crippen LogP contribution < -0.4 is 0 Å². The third kappa shape index (κ3) is 1.00. The molecule has 0 aromatic heterocycles. The number of allylic oxidation sites excluding steroid dienone is 4. The van der Waals surface area contributed by atoms with E-state index in [4.69, 9.17) is 0 Å². The molecule has 0 bridgehead atoms. The van der Waals surface area contributed by atoms with Crippen molar-refractivity contribution in [1.82, 2.24) is 0 Å². The second-order valence-corrected chi connectivity index (χ2v) is 2.31. The van der Waals surface area contributed by atoms with Crippen molar-refractivity contribution in [2.24, 2.45) is 5.92 Å². The molecule has 0 aromatic rings. The molecule has 1 rings (SSSR count). The van der Waals surface area contributed by atoms with Crippen LogP contribution in [0.15, 0.2) is 23.8 Å². The van der Waals surface area contributed by atoms with E-state index in [0.29, 0.717) is 5.92 Å². The molecule has 0 fully saturated rings. The van der Waals surface area contributed by atoms with E-state index in [1.807, 2.05) is 0 Å². The van der Waals surface area contributed by atoms with E-state index in [-0.39, 0.29) is 0 Å². The Balaban J connectivity index is 2.58. The van der Waals surface area contributed by atoms with Gasteiger partial charge in [-0.15, -0.1) is 0 Å². The number of hydrogen-bond acceptors (Lipinski definition) is 0. The molecule has 0 radical (unpaired) electrons. The molecule has 0 amide bonds. The predicted octanol–water partition coefficient (Wildman–Crippen LogP) is 2.53. The fraction of sp³-hybridized carbons (Fsp3) is 0.500. The van der Waals surface area contributed by atoms with Crippen molar-refractivity contribution >= 4 is 0 Å². The van der Waals surface area contributed by atoms with Gasteiger partial charge >= 0.3 is 0 Å². The molecule has 1 aliphatic carbocycles. The van der Waals surface area contributed by atoms with Gasteiger partial charge < -0.3 is 0 Å². The normalized spacial score (nSPS) is 26.2. The topological polar surface area (TPSA) is 0 Å². The second kappa shape index (κ2) is 2.17. The van der Waals surface area contributed by atoms with Crippen LogP contribution >= 0.6 is 0 Å². The highest BCUT2D eigenvalue weighted by atomic mass is 14.1. The Labute approximate surface area is 50.9 Å². The zero-order chi connectivity index (χ0) is 5.98. The molecule has 0 aliphatic heterocycles. The minimum atomic E-state index is 0.685. The van der Waals surface area contributed by atoms with E-state index < -0.39 is 0 Å². The van der Waals surface area contributed by atoms with Crippen LogP contribution in [-0.2, 0) is 0 Å². The summed E-state index contributed by atoms with van der Waals surface area (Å²) in [5.74, 6) is 0.685. The average Bonchev–Trinajstić information content (AvgIpc) is 2.14. The van der Waals surface area contributed by atoms with Gasteiger partial charge in [0.25, 0.3) is 0 Å². The maximum Gasteiger partial charge on any atom is -0.00729 e. The average molecular weight is 108 g/mol. The molecule has 0 nitrogen and oxygen atoms in total. The van der Waals surface area contributed by atoms with Gasteiger partial charge in [-0.2, -0.15) is 0 Å². The number of hydrogen-bond donors (Lipinski definition) is 0. The van der Waals surface area contributed by atoms with Crippen LogP contribution in [0.4, 0.5) is 0 Å². The third-order valence-corrected chi connectivity index (χ3v) is 1.50. The second-order valence-electron chi connectivity index (χ2n) is 2.31. The van der Waals surface area contributed by atoms with Crippen LogP contribution in [0.1, 0.15) is 20.3 Å². The van der Waals surface area contributed by atoms with Gasteiger partial charge in [-0.05, 0) is 12.3 Å². The van der Waals surface area contributed by atoms with E-state index >= 15 is 0 Å². The highest BCUT2D eigenvalue weighted by molar-refractivity contribution is 5.27. The van der Waals surface area contributed by atoms with E-state index in [9.17, 15) is 0 Å². The van der Waals surface area contributed by atoms with Crippen molar-refractivity contribution < 1.29 is 0 Å². The zero-order valence-electron chi connectivity index (χ0n) is 5.52. The Morgan fingerprint density at radius 1 is 1.62 bits per heavy atom. The standard InChI is InChI=1S/C8H12/c1-3-8-5-4-7(2)6-8/h4-7H,3H2,1-2H3. The van der Waals surface area contributed by atoms with Crippen LogP contribution in [0.3, 0.4) is 0 Å². The maximum atomic E-state index is 2.31. The van der Waals surface area contributed by atoms with Crippen LogP contribution in [-0.4, -0.2) is 0 Å². The lowest BCUT2D eigenvalue weighted by Gasteiger charge is -1.89. The van der Waals surface area contributed by atoms with Gasteiger partial charge in [0, 0.05) is 0 Å². The highest BCUT2D eigenvalue weighted by Crippen LogP contribution is 2.16. The predicted molar refractivity (Wildman–Crippen MR) is 36.7 cm³/mol. The van der Waals surface area contributed by atoms with Gasteiger partial charge in [0.1, 0.15) is 0 Å². The summed E-state index contributed by atoms with van der Waals surface area (Å²) in [5, 5.41) is 0. The van der Waals surface area contributed by atoms with Gasteiger partial charge in [-0.1, -0.05) is 37.6 Å². The molecule has 44 valence electrons. The molecule has 0 N–H and O–H groups in total. The number of rotatable bonds is 1. The molecule has 0 heterocycles. The molecule has 0 aromatic carbocycles. The van der Waals surface area contributed by atoms with E-state index in [1.54, 1.807) is 0 Å². The Morgan fingerprint density at radius 2 is 2.38 bits per heavy atom. The SMILES string of the molecule is CCC1=CC(C)C=C1. The van der Waals surface area contributed by atoms with Crippen molar-refractivity contribution in [3.8, 4) is 0 Å². The first-order valence-corrected chi connectivity index (χ1v) is 3.22. The van der Waals surface area contributed by atoms with E-state index in [0.717, 1.165) is 0 Å². The van der Waals surface area contributed by atoms with Crippen molar-refractivity contribution in [3.05, 3.63) is 23.8 Å². The Hall–Kier alpha value is -0.520. The lowest BCUT2D eigenvalue weighted by molar-refractivity contribution is 0.949. The minimum Gasteiger partial charge on any atom is -0.0776 e. The van der Waals surface area contributed by atoms with Gasteiger partial charge in [0.2, 0.25) is 0 Å². The van der Waals surface area contributed by atoms with Crippen LogP contribution in [0.25, 0.3) is 0 Å². The summed E-state index contributed by atoms with van der Waals surface area (Å²) in [6, 6.07) is 0. The highest BCUT2D eigenvalue weighted by Gasteiger charge is 1.99. The fourth-order valence-corrected chi connectivity index (χ4v) is 0.960. The molecular formula is C8H12. The smallest absolute Gasteiger partial charge is 0.00729 e. The Morgan fingerprint density at radius 3 is 2.62 bits per heavy atom. The largest absolute Gasteiger partial charge is 0.0776 e. The summed E-state index contributed by atoms with van der Waals surface area (Å²) < 4.78 is 0. The first-order valence-electron chi connectivity index (χ1n) is 3.22. The van der Waals surface area contributed by atoms with Gasteiger partial charge in [0.05, 0.1) is 0 Å². The van der Waals surface area contributed by atoms with Crippen LogP contribution in [0.2, 0.25) is 0 Å². The molecule has 0 saturated heterocycles. The lowest BCUT2D eigenvalue weighted by atomic mass is 10.2. The van der Waals surface area contributed by atoms with Gasteiger partial charge in [-0.3, -0.25) is 0 Å². The molecule has 0 heteroatoms. The van der Waals surface area contributed by atoms with Crippen molar-refractivity contribution in [2.75, 3.05) is 0 Å². The van der Waals surface area contributed by atoms with Gasteiger partial charge in [-0.25, -0.2) is 0 Å². The summed E-state index contributed by atoms with van der Waals surface area (Å²) in [7, 11) is 0. The molecule has 1 atom stereocenters. The van der Waals surface area contributed by atoms with Crippen molar-refractivity contribution in [2.45, 2.75) is 20.3 Å².